The number of rotatable bonds is 5. The van der Waals surface area contributed by atoms with Crippen molar-refractivity contribution in [1.82, 2.24) is 4.48 Å². The van der Waals surface area contributed by atoms with Gasteiger partial charge in [0, 0.05) is 22.5 Å². The molecule has 15 heavy (non-hydrogen) atoms. The monoisotopic (exact) mass is 196 g/mol. The van der Waals surface area contributed by atoms with Crippen molar-refractivity contribution in [2.24, 2.45) is 0 Å². The first-order chi connectivity index (χ1) is 7.24. The zero-order valence-electron chi connectivity index (χ0n) is 9.16. The van der Waals surface area contributed by atoms with Crippen LogP contribution < -0.4 is 0 Å². The van der Waals surface area contributed by atoms with Crippen LogP contribution in [-0.2, 0) is 0 Å². The first kappa shape index (κ1) is 11.4. The highest BCUT2D eigenvalue weighted by Crippen LogP contribution is 2.26. The first-order valence-corrected chi connectivity index (χ1v) is 4.82. The summed E-state index contributed by atoms with van der Waals surface area (Å²) in [5.74, 6) is 0. The third kappa shape index (κ3) is 1.63. The van der Waals surface area contributed by atoms with Gasteiger partial charge in [0.15, 0.2) is 0 Å². The molecule has 0 aromatic carbocycles. The third-order valence-corrected chi connectivity index (χ3v) is 2.41. The number of hydrogen-bond donors (Lipinski definition) is 0. The Bertz CT molecular complexity index is 387. The molecule has 0 spiro atoms. The fourth-order valence-electron chi connectivity index (χ4n) is 1.79. The van der Waals surface area contributed by atoms with E-state index in [1.807, 2.05) is 43.0 Å². The van der Waals surface area contributed by atoms with Gasteiger partial charge in [-0.15, -0.1) is 0 Å². The molecule has 1 radical (unpaired) electrons. The van der Waals surface area contributed by atoms with Crippen LogP contribution in [0.25, 0.3) is 24.3 Å². The van der Waals surface area contributed by atoms with Gasteiger partial charge in [-0.25, -0.2) is 0 Å². The second kappa shape index (κ2) is 4.69. The normalized spacial score (nSPS) is 9.40. The molecule has 1 rings (SSSR count). The quantitative estimate of drug-likeness (QED) is 0.634. The molecule has 0 aliphatic heterocycles. The Balaban J connectivity index is 3.70. The molecule has 0 N–H and O–H groups in total. The molecule has 0 aliphatic rings. The largest absolute Gasteiger partial charge is 0.390 e. The standard InChI is InChI=1S/C13H15BN/c1-6-10-11(7-2)13(9-4)15(14-5)12(10)8-3/h6-9H,1-4H2,5H3. The molecule has 0 atom stereocenters. The fourth-order valence-corrected chi connectivity index (χ4v) is 1.79. The lowest BCUT2D eigenvalue weighted by atomic mass is 9.98. The Labute approximate surface area is 92.4 Å². The van der Waals surface area contributed by atoms with Gasteiger partial charge in [-0.1, -0.05) is 45.3 Å². The summed E-state index contributed by atoms with van der Waals surface area (Å²) in [6.45, 7) is 17.2. The lowest BCUT2D eigenvalue weighted by Gasteiger charge is -2.04. The van der Waals surface area contributed by atoms with E-state index in [1.54, 1.807) is 0 Å². The van der Waals surface area contributed by atoms with E-state index in [0.717, 1.165) is 22.5 Å². The van der Waals surface area contributed by atoms with Crippen LogP contribution in [0.2, 0.25) is 6.82 Å². The minimum atomic E-state index is 1.03. The summed E-state index contributed by atoms with van der Waals surface area (Å²) in [7, 11) is 1.98. The molecule has 0 aliphatic carbocycles. The lowest BCUT2D eigenvalue weighted by Crippen LogP contribution is -2.05. The summed E-state index contributed by atoms with van der Waals surface area (Å²) in [5, 5.41) is 0. The molecule has 0 fully saturated rings. The Morgan fingerprint density at radius 3 is 1.47 bits per heavy atom. The molecule has 0 amide bonds. The van der Waals surface area contributed by atoms with Gasteiger partial charge in [0.05, 0.1) is 0 Å². The van der Waals surface area contributed by atoms with Crippen LogP contribution in [-0.4, -0.2) is 11.9 Å². The molecule has 0 bridgehead atoms. The van der Waals surface area contributed by atoms with Crippen molar-refractivity contribution in [3.05, 3.63) is 48.8 Å². The number of nitrogens with zero attached hydrogens (tertiary/aromatic N) is 1. The maximum atomic E-state index is 3.81. The SMILES string of the molecule is C=Cc1c(C=C)c(C=C)n([B]C)c1C=C. The van der Waals surface area contributed by atoms with Crippen molar-refractivity contribution in [3.8, 4) is 0 Å². The summed E-state index contributed by atoms with van der Waals surface area (Å²) in [6.07, 6.45) is 7.27. The Kier molecular flexibility index (Phi) is 3.56. The van der Waals surface area contributed by atoms with Crippen LogP contribution in [0.4, 0.5) is 0 Å². The molecule has 1 aromatic heterocycles. The molecular formula is C13H15BN. The maximum Gasteiger partial charge on any atom is 0.249 e. The molecule has 1 nitrogen and oxygen atoms in total. The summed E-state index contributed by atoms with van der Waals surface area (Å²) >= 11 is 0. The van der Waals surface area contributed by atoms with E-state index in [9.17, 15) is 0 Å². The molecule has 2 heteroatoms. The highest BCUT2D eigenvalue weighted by atomic mass is 14.9. The van der Waals surface area contributed by atoms with E-state index >= 15 is 0 Å². The van der Waals surface area contributed by atoms with Crippen molar-refractivity contribution < 1.29 is 0 Å². The zero-order chi connectivity index (χ0) is 11.4. The molecule has 75 valence electrons. The minimum Gasteiger partial charge on any atom is -0.390 e. The highest BCUT2D eigenvalue weighted by Gasteiger charge is 2.13. The van der Waals surface area contributed by atoms with Crippen molar-refractivity contribution in [2.45, 2.75) is 6.82 Å². The van der Waals surface area contributed by atoms with E-state index < -0.39 is 0 Å². The van der Waals surface area contributed by atoms with Crippen molar-refractivity contribution in [3.63, 3.8) is 0 Å². The van der Waals surface area contributed by atoms with E-state index in [-0.39, 0.29) is 0 Å². The van der Waals surface area contributed by atoms with Gasteiger partial charge in [0.25, 0.3) is 0 Å². The van der Waals surface area contributed by atoms with E-state index in [1.165, 1.54) is 0 Å². The van der Waals surface area contributed by atoms with E-state index in [4.69, 9.17) is 0 Å². The topological polar surface area (TPSA) is 4.93 Å². The van der Waals surface area contributed by atoms with Crippen LogP contribution in [0.5, 0.6) is 0 Å². The predicted octanol–water partition coefficient (Wildman–Crippen LogP) is 3.58. The van der Waals surface area contributed by atoms with Crippen LogP contribution in [0.3, 0.4) is 0 Å². The van der Waals surface area contributed by atoms with Gasteiger partial charge in [-0.3, -0.25) is 0 Å². The number of aromatic nitrogens is 1. The fraction of sp³-hybridized carbons (Fsp3) is 0.0769. The Hall–Kier alpha value is -1.70. The average molecular weight is 196 g/mol. The first-order valence-electron chi connectivity index (χ1n) is 4.82. The van der Waals surface area contributed by atoms with Gasteiger partial charge in [-0.2, -0.15) is 0 Å². The smallest absolute Gasteiger partial charge is 0.249 e. The van der Waals surface area contributed by atoms with Crippen molar-refractivity contribution >= 4 is 31.7 Å². The highest BCUT2D eigenvalue weighted by molar-refractivity contribution is 6.33. The van der Waals surface area contributed by atoms with Gasteiger partial charge in [-0.05, 0) is 12.2 Å². The van der Waals surface area contributed by atoms with Crippen LogP contribution in [0, 0.1) is 0 Å². The number of hydrogen-bond acceptors (Lipinski definition) is 0. The van der Waals surface area contributed by atoms with Crippen LogP contribution >= 0.6 is 0 Å². The van der Waals surface area contributed by atoms with E-state index in [2.05, 4.69) is 26.3 Å². The molecule has 0 saturated carbocycles. The summed E-state index contributed by atoms with van der Waals surface area (Å²) in [5.41, 5.74) is 4.15. The molecular weight excluding hydrogens is 181 g/mol. The zero-order valence-corrected chi connectivity index (χ0v) is 9.16. The molecule has 0 unspecified atom stereocenters. The van der Waals surface area contributed by atoms with Gasteiger partial charge < -0.3 is 4.48 Å². The van der Waals surface area contributed by atoms with Crippen LogP contribution in [0.1, 0.15) is 22.5 Å². The second-order valence-corrected chi connectivity index (χ2v) is 3.04. The molecule has 1 aromatic rings. The van der Waals surface area contributed by atoms with Gasteiger partial charge in [0.2, 0.25) is 7.41 Å². The van der Waals surface area contributed by atoms with Gasteiger partial charge >= 0.3 is 0 Å². The molecule has 1 heterocycles. The average Bonchev–Trinajstić information content (AvgIpc) is 2.59. The Morgan fingerprint density at radius 2 is 1.27 bits per heavy atom. The van der Waals surface area contributed by atoms with E-state index in [0.29, 0.717) is 0 Å². The summed E-state index contributed by atoms with van der Waals surface area (Å²) in [4.78, 5) is 0. The third-order valence-electron chi connectivity index (χ3n) is 2.41. The van der Waals surface area contributed by atoms with Gasteiger partial charge in [0.1, 0.15) is 0 Å². The Morgan fingerprint density at radius 1 is 0.867 bits per heavy atom. The predicted molar refractivity (Wildman–Crippen MR) is 71.8 cm³/mol. The van der Waals surface area contributed by atoms with Crippen LogP contribution in [0.15, 0.2) is 26.3 Å². The second-order valence-electron chi connectivity index (χ2n) is 3.04. The minimum absolute atomic E-state index is 1.03. The maximum absolute atomic E-state index is 3.81. The summed E-state index contributed by atoms with van der Waals surface area (Å²) in [6, 6.07) is 0. The van der Waals surface area contributed by atoms with Crippen molar-refractivity contribution in [2.75, 3.05) is 0 Å². The molecule has 0 saturated heterocycles. The lowest BCUT2D eigenvalue weighted by molar-refractivity contribution is 1.18. The van der Waals surface area contributed by atoms with Crippen molar-refractivity contribution in [1.29, 1.82) is 0 Å². The summed E-state index contributed by atoms with van der Waals surface area (Å²) < 4.78 is 2.04.